The number of piperidine rings is 1. The Labute approximate surface area is 121 Å². The molecule has 96 valence electrons. The fourth-order valence-electron chi connectivity index (χ4n) is 2.17. The van der Waals surface area contributed by atoms with Gasteiger partial charge in [0.1, 0.15) is 5.78 Å². The molecule has 0 radical (unpaired) electrons. The van der Waals surface area contributed by atoms with Gasteiger partial charge in [-0.3, -0.25) is 14.5 Å². The number of carbonyl (C=O) groups is 2. The van der Waals surface area contributed by atoms with Crippen molar-refractivity contribution < 1.29 is 9.59 Å². The molecule has 1 unspecified atom stereocenters. The van der Waals surface area contributed by atoms with Crippen LogP contribution in [0.2, 0.25) is 0 Å². The standard InChI is InChI=1S/C14H16INO2/c1-10-8-16(7-6-13(10)17)9-14(18)11-2-4-12(15)5-3-11/h2-5,10H,6-9H2,1H3. The van der Waals surface area contributed by atoms with Crippen molar-refractivity contribution in [3.8, 4) is 0 Å². The highest BCUT2D eigenvalue weighted by Crippen LogP contribution is 2.13. The Morgan fingerprint density at radius 3 is 2.67 bits per heavy atom. The number of ketones is 2. The molecule has 18 heavy (non-hydrogen) atoms. The number of likely N-dealkylation sites (tertiary alicyclic amines) is 1. The van der Waals surface area contributed by atoms with Crippen LogP contribution in [0.1, 0.15) is 23.7 Å². The molecule has 0 aromatic heterocycles. The predicted octanol–water partition coefficient (Wildman–Crippen LogP) is 2.38. The second-order valence-electron chi connectivity index (χ2n) is 4.78. The van der Waals surface area contributed by atoms with Crippen molar-refractivity contribution in [3.63, 3.8) is 0 Å². The first-order chi connectivity index (χ1) is 8.56. The van der Waals surface area contributed by atoms with Crippen molar-refractivity contribution in [2.24, 2.45) is 5.92 Å². The third-order valence-electron chi connectivity index (χ3n) is 3.29. The molecule has 1 fully saturated rings. The summed E-state index contributed by atoms with van der Waals surface area (Å²) >= 11 is 2.22. The van der Waals surface area contributed by atoms with Crippen LogP contribution in [0.4, 0.5) is 0 Å². The van der Waals surface area contributed by atoms with Crippen molar-refractivity contribution in [2.75, 3.05) is 19.6 Å². The van der Waals surface area contributed by atoms with E-state index in [0.29, 0.717) is 31.8 Å². The number of hydrogen-bond donors (Lipinski definition) is 0. The second kappa shape index (κ2) is 5.93. The normalized spacial score (nSPS) is 21.0. The van der Waals surface area contributed by atoms with E-state index in [1.807, 2.05) is 31.2 Å². The van der Waals surface area contributed by atoms with Gasteiger partial charge in [0.2, 0.25) is 0 Å². The van der Waals surface area contributed by atoms with Gasteiger partial charge in [-0.15, -0.1) is 0 Å². The Kier molecular flexibility index (Phi) is 4.50. The molecule has 0 amide bonds. The molecule has 1 atom stereocenters. The second-order valence-corrected chi connectivity index (χ2v) is 6.03. The van der Waals surface area contributed by atoms with E-state index >= 15 is 0 Å². The van der Waals surface area contributed by atoms with Gasteiger partial charge in [0.15, 0.2) is 5.78 Å². The zero-order valence-corrected chi connectivity index (χ0v) is 12.5. The van der Waals surface area contributed by atoms with Gasteiger partial charge in [-0.25, -0.2) is 0 Å². The maximum Gasteiger partial charge on any atom is 0.176 e. The van der Waals surface area contributed by atoms with Crippen LogP contribution >= 0.6 is 22.6 Å². The average molecular weight is 357 g/mol. The van der Waals surface area contributed by atoms with Crippen LogP contribution in [0, 0.1) is 9.49 Å². The first kappa shape index (κ1) is 13.7. The van der Waals surface area contributed by atoms with Crippen molar-refractivity contribution in [3.05, 3.63) is 33.4 Å². The lowest BCUT2D eigenvalue weighted by Gasteiger charge is -2.29. The summed E-state index contributed by atoms with van der Waals surface area (Å²) in [6.45, 7) is 3.76. The number of nitrogens with zero attached hydrogens (tertiary/aromatic N) is 1. The zero-order valence-electron chi connectivity index (χ0n) is 10.4. The van der Waals surface area contributed by atoms with Crippen LogP contribution in [0.25, 0.3) is 0 Å². The maximum atomic E-state index is 12.1. The number of halogens is 1. The highest BCUT2D eigenvalue weighted by molar-refractivity contribution is 14.1. The van der Waals surface area contributed by atoms with Gasteiger partial charge < -0.3 is 0 Å². The highest BCUT2D eigenvalue weighted by Gasteiger charge is 2.24. The van der Waals surface area contributed by atoms with E-state index in [-0.39, 0.29) is 11.7 Å². The van der Waals surface area contributed by atoms with Gasteiger partial charge in [0.05, 0.1) is 6.54 Å². The SMILES string of the molecule is CC1CN(CC(=O)c2ccc(I)cc2)CCC1=O. The lowest BCUT2D eigenvalue weighted by molar-refractivity contribution is -0.125. The molecule has 1 heterocycles. The number of carbonyl (C=O) groups excluding carboxylic acids is 2. The summed E-state index contributed by atoms with van der Waals surface area (Å²) in [5.41, 5.74) is 0.750. The Balaban J connectivity index is 1.95. The van der Waals surface area contributed by atoms with Gasteiger partial charge in [-0.1, -0.05) is 19.1 Å². The Morgan fingerprint density at radius 1 is 1.39 bits per heavy atom. The molecule has 1 aromatic carbocycles. The van der Waals surface area contributed by atoms with Crippen molar-refractivity contribution >= 4 is 34.2 Å². The van der Waals surface area contributed by atoms with E-state index in [2.05, 4.69) is 27.5 Å². The quantitative estimate of drug-likeness (QED) is 0.616. The lowest BCUT2D eigenvalue weighted by Crippen LogP contribution is -2.42. The van der Waals surface area contributed by atoms with Gasteiger partial charge in [-0.2, -0.15) is 0 Å². The highest BCUT2D eigenvalue weighted by atomic mass is 127. The lowest BCUT2D eigenvalue weighted by atomic mass is 9.98. The molecule has 3 nitrogen and oxygen atoms in total. The summed E-state index contributed by atoms with van der Waals surface area (Å²) < 4.78 is 1.13. The van der Waals surface area contributed by atoms with E-state index in [1.165, 1.54) is 0 Å². The molecular weight excluding hydrogens is 341 g/mol. The third-order valence-corrected chi connectivity index (χ3v) is 4.01. The minimum atomic E-state index is 0.0586. The summed E-state index contributed by atoms with van der Waals surface area (Å²) in [6, 6.07) is 7.61. The Bertz CT molecular complexity index is 455. The third kappa shape index (κ3) is 3.38. The molecule has 4 heteroatoms. The van der Waals surface area contributed by atoms with E-state index in [1.54, 1.807) is 0 Å². The number of rotatable bonds is 3. The molecular formula is C14H16INO2. The molecule has 2 rings (SSSR count). The summed E-state index contributed by atoms with van der Waals surface area (Å²) in [6.07, 6.45) is 0.571. The molecule has 1 saturated heterocycles. The molecule has 1 aliphatic heterocycles. The van der Waals surface area contributed by atoms with Crippen molar-refractivity contribution in [1.82, 2.24) is 4.90 Å². The monoisotopic (exact) mass is 357 g/mol. The molecule has 0 N–H and O–H groups in total. The van der Waals surface area contributed by atoms with Gasteiger partial charge >= 0.3 is 0 Å². The minimum Gasteiger partial charge on any atom is -0.299 e. The molecule has 0 saturated carbocycles. The number of benzene rings is 1. The predicted molar refractivity (Wildman–Crippen MR) is 78.7 cm³/mol. The molecule has 0 bridgehead atoms. The average Bonchev–Trinajstić information content (AvgIpc) is 2.34. The van der Waals surface area contributed by atoms with Crippen LogP contribution in [0.5, 0.6) is 0 Å². The molecule has 0 aliphatic carbocycles. The van der Waals surface area contributed by atoms with E-state index < -0.39 is 0 Å². The Hall–Kier alpha value is -0.750. The fraction of sp³-hybridized carbons (Fsp3) is 0.429. The van der Waals surface area contributed by atoms with Gasteiger partial charge in [0.25, 0.3) is 0 Å². The van der Waals surface area contributed by atoms with Crippen molar-refractivity contribution in [2.45, 2.75) is 13.3 Å². The fourth-order valence-corrected chi connectivity index (χ4v) is 2.53. The van der Waals surface area contributed by atoms with Crippen molar-refractivity contribution in [1.29, 1.82) is 0 Å². The first-order valence-corrected chi connectivity index (χ1v) is 7.18. The van der Waals surface area contributed by atoms with E-state index in [9.17, 15) is 9.59 Å². The van der Waals surface area contributed by atoms with Crippen LogP contribution in [-0.2, 0) is 4.79 Å². The Morgan fingerprint density at radius 2 is 2.06 bits per heavy atom. The van der Waals surface area contributed by atoms with E-state index in [4.69, 9.17) is 0 Å². The molecule has 1 aliphatic rings. The smallest absolute Gasteiger partial charge is 0.176 e. The summed E-state index contributed by atoms with van der Waals surface area (Å²) in [4.78, 5) is 25.6. The number of Topliss-reactive ketones (excluding diaryl/α,β-unsaturated/α-hetero) is 2. The van der Waals surface area contributed by atoms with E-state index in [0.717, 1.165) is 9.13 Å². The molecule has 1 aromatic rings. The summed E-state index contributed by atoms with van der Waals surface area (Å²) in [7, 11) is 0. The molecule has 0 spiro atoms. The topological polar surface area (TPSA) is 37.4 Å². The van der Waals surface area contributed by atoms with Gasteiger partial charge in [-0.05, 0) is 34.7 Å². The summed E-state index contributed by atoms with van der Waals surface area (Å²) in [5.74, 6) is 0.504. The minimum absolute atomic E-state index is 0.0586. The van der Waals surface area contributed by atoms with Crippen LogP contribution in [-0.4, -0.2) is 36.1 Å². The largest absolute Gasteiger partial charge is 0.299 e. The summed E-state index contributed by atoms with van der Waals surface area (Å²) in [5, 5.41) is 0. The maximum absolute atomic E-state index is 12.1. The van der Waals surface area contributed by atoms with Gasteiger partial charge in [0, 0.05) is 34.6 Å². The van der Waals surface area contributed by atoms with Crippen LogP contribution < -0.4 is 0 Å². The zero-order chi connectivity index (χ0) is 13.1. The first-order valence-electron chi connectivity index (χ1n) is 6.10. The number of hydrogen-bond acceptors (Lipinski definition) is 3. The van der Waals surface area contributed by atoms with Crippen LogP contribution in [0.3, 0.4) is 0 Å². The van der Waals surface area contributed by atoms with Crippen LogP contribution in [0.15, 0.2) is 24.3 Å².